The van der Waals surface area contributed by atoms with Gasteiger partial charge in [0.15, 0.2) is 11.5 Å². The van der Waals surface area contributed by atoms with Crippen LogP contribution in [-0.4, -0.2) is 27.7 Å². The van der Waals surface area contributed by atoms with E-state index in [2.05, 4.69) is 20.8 Å². The zero-order valence-electron chi connectivity index (χ0n) is 13.9. The third-order valence-corrected chi connectivity index (χ3v) is 4.54. The summed E-state index contributed by atoms with van der Waals surface area (Å²) in [6, 6.07) is 11.4. The molecule has 2 heterocycles. The third-order valence-electron chi connectivity index (χ3n) is 4.54. The van der Waals surface area contributed by atoms with Crippen molar-refractivity contribution in [2.24, 2.45) is 0 Å². The number of amides is 2. The summed E-state index contributed by atoms with van der Waals surface area (Å²) in [5, 5.41) is 14.1. The Kier molecular flexibility index (Phi) is 3.97. The zero-order chi connectivity index (χ0) is 17.2. The number of carbonyl (C=O) groups excluding carboxylic acids is 1. The Morgan fingerprint density at radius 3 is 3.08 bits per heavy atom. The average Bonchev–Trinajstić information content (AvgIpc) is 3.24. The van der Waals surface area contributed by atoms with Crippen molar-refractivity contribution in [3.8, 4) is 5.75 Å². The van der Waals surface area contributed by atoms with E-state index in [-0.39, 0.29) is 12.1 Å². The van der Waals surface area contributed by atoms with Crippen molar-refractivity contribution in [3.63, 3.8) is 0 Å². The summed E-state index contributed by atoms with van der Waals surface area (Å²) in [6.07, 6.45) is 3.65. The fourth-order valence-electron chi connectivity index (χ4n) is 3.34. The number of pyridine rings is 1. The molecule has 2 N–H and O–H groups in total. The quantitative estimate of drug-likeness (QED) is 0.765. The molecular formula is C18H19N5O2. The lowest BCUT2D eigenvalue weighted by atomic mass is 10.1. The highest BCUT2D eigenvalue weighted by molar-refractivity contribution is 5.74. The van der Waals surface area contributed by atoms with Crippen LogP contribution >= 0.6 is 0 Å². The molecule has 0 unspecified atom stereocenters. The lowest BCUT2D eigenvalue weighted by Gasteiger charge is -2.15. The van der Waals surface area contributed by atoms with Gasteiger partial charge in [-0.25, -0.2) is 4.79 Å². The Morgan fingerprint density at radius 1 is 1.28 bits per heavy atom. The molecule has 1 aliphatic rings. The van der Waals surface area contributed by atoms with Gasteiger partial charge < -0.3 is 15.4 Å². The van der Waals surface area contributed by atoms with E-state index in [9.17, 15) is 4.79 Å². The van der Waals surface area contributed by atoms with Crippen molar-refractivity contribution >= 4 is 11.7 Å². The van der Waals surface area contributed by atoms with Crippen LogP contribution in [0.15, 0.2) is 42.6 Å². The van der Waals surface area contributed by atoms with E-state index < -0.39 is 0 Å². The van der Waals surface area contributed by atoms with Crippen LogP contribution in [0.5, 0.6) is 5.75 Å². The smallest absolute Gasteiger partial charge is 0.315 e. The van der Waals surface area contributed by atoms with Crippen LogP contribution in [0, 0.1) is 0 Å². The number of rotatable bonds is 4. The largest absolute Gasteiger partial charge is 0.496 e. The fraction of sp³-hybridized carbons (Fsp3) is 0.278. The van der Waals surface area contributed by atoms with Crippen molar-refractivity contribution in [3.05, 3.63) is 59.5 Å². The van der Waals surface area contributed by atoms with Crippen molar-refractivity contribution in [2.45, 2.75) is 25.4 Å². The van der Waals surface area contributed by atoms with Crippen molar-refractivity contribution in [1.82, 2.24) is 25.2 Å². The maximum absolute atomic E-state index is 12.3. The number of hydrogen-bond acceptors (Lipinski definition) is 4. The van der Waals surface area contributed by atoms with Crippen LogP contribution in [0.3, 0.4) is 0 Å². The van der Waals surface area contributed by atoms with E-state index in [4.69, 9.17) is 4.74 Å². The SMILES string of the molecule is COc1cccc2c1CC[C@H]2NC(=O)NCc1nnc2ccccn12. The second-order valence-electron chi connectivity index (χ2n) is 5.99. The average molecular weight is 337 g/mol. The number of ether oxygens (including phenoxy) is 1. The Morgan fingerprint density at radius 2 is 2.20 bits per heavy atom. The highest BCUT2D eigenvalue weighted by Crippen LogP contribution is 2.36. The minimum atomic E-state index is -0.214. The normalized spacial score (nSPS) is 15.8. The van der Waals surface area contributed by atoms with Gasteiger partial charge in [-0.15, -0.1) is 10.2 Å². The Balaban J connectivity index is 1.41. The molecule has 2 amide bonds. The first-order chi connectivity index (χ1) is 12.3. The predicted octanol–water partition coefficient (Wildman–Crippen LogP) is 2.22. The second-order valence-corrected chi connectivity index (χ2v) is 5.99. The van der Waals surface area contributed by atoms with E-state index in [0.29, 0.717) is 12.4 Å². The minimum Gasteiger partial charge on any atom is -0.496 e. The topological polar surface area (TPSA) is 80.5 Å². The lowest BCUT2D eigenvalue weighted by Crippen LogP contribution is -2.37. The lowest BCUT2D eigenvalue weighted by molar-refractivity contribution is 0.236. The number of methoxy groups -OCH3 is 1. The van der Waals surface area contributed by atoms with Crippen LogP contribution in [0.2, 0.25) is 0 Å². The number of benzene rings is 1. The fourth-order valence-corrected chi connectivity index (χ4v) is 3.34. The minimum absolute atomic E-state index is 0.000226. The van der Waals surface area contributed by atoms with Gasteiger partial charge in [0.1, 0.15) is 5.75 Å². The molecule has 128 valence electrons. The molecule has 0 bridgehead atoms. The number of nitrogens with one attached hydrogen (secondary N) is 2. The molecule has 25 heavy (non-hydrogen) atoms. The summed E-state index contributed by atoms with van der Waals surface area (Å²) < 4.78 is 7.26. The molecule has 1 aromatic carbocycles. The van der Waals surface area contributed by atoms with Gasteiger partial charge >= 0.3 is 6.03 Å². The summed E-state index contributed by atoms with van der Waals surface area (Å²) in [4.78, 5) is 12.3. The van der Waals surface area contributed by atoms with Crippen LogP contribution in [-0.2, 0) is 13.0 Å². The molecule has 0 fully saturated rings. The summed E-state index contributed by atoms with van der Waals surface area (Å²) in [6.45, 7) is 0.314. The molecular weight excluding hydrogens is 318 g/mol. The van der Waals surface area contributed by atoms with Crippen LogP contribution in [0.1, 0.15) is 29.4 Å². The molecule has 0 saturated carbocycles. The molecule has 0 radical (unpaired) electrons. The molecule has 4 rings (SSSR count). The molecule has 2 aromatic heterocycles. The van der Waals surface area contributed by atoms with Gasteiger partial charge in [-0.3, -0.25) is 4.40 Å². The molecule has 1 atom stereocenters. The number of aromatic nitrogens is 3. The van der Waals surface area contributed by atoms with E-state index in [1.165, 1.54) is 5.56 Å². The van der Waals surface area contributed by atoms with Crippen LogP contribution < -0.4 is 15.4 Å². The second kappa shape index (κ2) is 6.43. The van der Waals surface area contributed by atoms with Gasteiger partial charge in [0, 0.05) is 6.20 Å². The van der Waals surface area contributed by atoms with E-state index >= 15 is 0 Å². The zero-order valence-corrected chi connectivity index (χ0v) is 13.9. The summed E-state index contributed by atoms with van der Waals surface area (Å²) in [5.41, 5.74) is 3.07. The number of nitrogens with zero attached hydrogens (tertiary/aromatic N) is 3. The molecule has 7 nitrogen and oxygen atoms in total. The third kappa shape index (κ3) is 2.88. The maximum Gasteiger partial charge on any atom is 0.315 e. The molecule has 0 aliphatic heterocycles. The van der Waals surface area contributed by atoms with Crippen molar-refractivity contribution < 1.29 is 9.53 Å². The van der Waals surface area contributed by atoms with Crippen LogP contribution in [0.4, 0.5) is 4.79 Å². The van der Waals surface area contributed by atoms with E-state index in [1.807, 2.05) is 47.0 Å². The first-order valence-electron chi connectivity index (χ1n) is 8.25. The summed E-state index contributed by atoms with van der Waals surface area (Å²) >= 11 is 0. The molecule has 1 aliphatic carbocycles. The summed E-state index contributed by atoms with van der Waals surface area (Å²) in [5.74, 6) is 1.58. The van der Waals surface area contributed by atoms with Crippen molar-refractivity contribution in [1.29, 1.82) is 0 Å². The Labute approximate surface area is 145 Å². The molecule has 0 spiro atoms. The van der Waals surface area contributed by atoms with Gasteiger partial charge in [0.05, 0.1) is 19.7 Å². The number of fused-ring (bicyclic) bond motifs is 2. The number of hydrogen-bond donors (Lipinski definition) is 2. The highest BCUT2D eigenvalue weighted by Gasteiger charge is 2.26. The van der Waals surface area contributed by atoms with Crippen molar-refractivity contribution in [2.75, 3.05) is 7.11 Å². The molecule has 3 aromatic rings. The van der Waals surface area contributed by atoms with Gasteiger partial charge in [0.2, 0.25) is 0 Å². The van der Waals surface area contributed by atoms with E-state index in [1.54, 1.807) is 7.11 Å². The van der Waals surface area contributed by atoms with Gasteiger partial charge in [-0.05, 0) is 42.2 Å². The van der Waals surface area contributed by atoms with Crippen LogP contribution in [0.25, 0.3) is 5.65 Å². The molecule has 0 saturated heterocycles. The Bertz CT molecular complexity index is 921. The first kappa shape index (κ1) is 15.4. The van der Waals surface area contributed by atoms with E-state index in [0.717, 1.165) is 29.8 Å². The van der Waals surface area contributed by atoms with Gasteiger partial charge in [0.25, 0.3) is 0 Å². The predicted molar refractivity (Wildman–Crippen MR) is 92.4 cm³/mol. The van der Waals surface area contributed by atoms with Gasteiger partial charge in [-0.2, -0.15) is 0 Å². The first-order valence-corrected chi connectivity index (χ1v) is 8.25. The number of urea groups is 1. The standard InChI is InChI=1S/C18H19N5O2/c1-25-15-6-4-5-12-13(15)8-9-14(12)20-18(24)19-11-17-22-21-16-7-2-3-10-23(16)17/h2-7,10,14H,8-9,11H2,1H3,(H2,19,20,24)/t14-/m1/s1. The Hall–Kier alpha value is -3.09. The number of carbonyl (C=O) groups is 1. The van der Waals surface area contributed by atoms with Gasteiger partial charge in [-0.1, -0.05) is 18.2 Å². The monoisotopic (exact) mass is 337 g/mol. The highest BCUT2D eigenvalue weighted by atomic mass is 16.5. The summed E-state index contributed by atoms with van der Waals surface area (Å²) in [7, 11) is 1.67. The maximum atomic E-state index is 12.3. The molecule has 7 heteroatoms.